The third-order valence-electron chi connectivity index (χ3n) is 4.67. The highest BCUT2D eigenvalue weighted by Crippen LogP contribution is 2.26. The molecule has 4 heterocycles. The summed E-state index contributed by atoms with van der Waals surface area (Å²) in [5.41, 5.74) is 9.28. The molecule has 1 aliphatic rings. The minimum Gasteiger partial charge on any atom is -0.381 e. The summed E-state index contributed by atoms with van der Waals surface area (Å²) in [6, 6.07) is 3.72. The Morgan fingerprint density at radius 2 is 1.92 bits per heavy atom. The number of aryl methyl sites for hydroxylation is 2. The topological polar surface area (TPSA) is 109 Å². The Morgan fingerprint density at radius 1 is 1.15 bits per heavy atom. The summed E-state index contributed by atoms with van der Waals surface area (Å²) in [6.45, 7) is 4.95. The van der Waals surface area contributed by atoms with Gasteiger partial charge >= 0.3 is 0 Å². The number of nitrogens with zero attached hydrogens (tertiary/aromatic N) is 5. The lowest BCUT2D eigenvalue weighted by atomic mass is 10.1. The zero-order chi connectivity index (χ0) is 18.3. The van der Waals surface area contributed by atoms with Gasteiger partial charge in [-0.15, -0.1) is 0 Å². The van der Waals surface area contributed by atoms with Crippen molar-refractivity contribution < 1.29 is 4.74 Å². The number of hydrogen-bond acceptors (Lipinski definition) is 7. The van der Waals surface area contributed by atoms with Crippen molar-refractivity contribution in [2.75, 3.05) is 18.9 Å². The maximum atomic E-state index is 13.3. The van der Waals surface area contributed by atoms with E-state index in [2.05, 4.69) is 19.9 Å². The molecule has 1 fully saturated rings. The number of nitrogen functional groups attached to an aromatic ring is 1. The Bertz CT molecular complexity index is 1020. The lowest BCUT2D eigenvalue weighted by Crippen LogP contribution is -2.32. The highest BCUT2D eigenvalue weighted by atomic mass is 16.5. The molecule has 3 aromatic heterocycles. The molecule has 4 rings (SSSR count). The average Bonchev–Trinajstić information content (AvgIpc) is 2.63. The second-order valence-corrected chi connectivity index (χ2v) is 6.51. The van der Waals surface area contributed by atoms with E-state index in [0.717, 1.165) is 18.5 Å². The van der Waals surface area contributed by atoms with Gasteiger partial charge in [-0.25, -0.2) is 9.97 Å². The highest BCUT2D eigenvalue weighted by molar-refractivity contribution is 5.77. The van der Waals surface area contributed by atoms with Crippen LogP contribution in [0, 0.1) is 13.8 Å². The number of nitrogens with two attached hydrogens (primary N) is 1. The van der Waals surface area contributed by atoms with Crippen LogP contribution in [0.1, 0.15) is 30.3 Å². The van der Waals surface area contributed by atoms with E-state index in [-0.39, 0.29) is 17.5 Å². The fraction of sp³-hybridized carbons (Fsp3) is 0.389. The predicted octanol–water partition coefficient (Wildman–Crippen LogP) is 1.80. The Morgan fingerprint density at radius 3 is 2.62 bits per heavy atom. The van der Waals surface area contributed by atoms with Crippen LogP contribution in [0.5, 0.6) is 0 Å². The smallest absolute Gasteiger partial charge is 0.279 e. The van der Waals surface area contributed by atoms with E-state index in [4.69, 9.17) is 10.5 Å². The van der Waals surface area contributed by atoms with Crippen molar-refractivity contribution in [2.45, 2.75) is 32.7 Å². The summed E-state index contributed by atoms with van der Waals surface area (Å²) < 4.78 is 7.16. The molecule has 0 bridgehead atoms. The van der Waals surface area contributed by atoms with E-state index in [1.807, 2.05) is 26.0 Å². The Hall–Kier alpha value is -2.87. The van der Waals surface area contributed by atoms with Crippen molar-refractivity contribution in [3.05, 3.63) is 40.1 Å². The van der Waals surface area contributed by atoms with Crippen LogP contribution in [-0.2, 0) is 4.74 Å². The molecule has 0 saturated carbocycles. The van der Waals surface area contributed by atoms with Crippen molar-refractivity contribution in [3.63, 3.8) is 0 Å². The van der Waals surface area contributed by atoms with Gasteiger partial charge in [0.1, 0.15) is 11.2 Å². The van der Waals surface area contributed by atoms with E-state index in [1.165, 1.54) is 0 Å². The van der Waals surface area contributed by atoms with Gasteiger partial charge in [-0.05, 0) is 38.8 Å². The summed E-state index contributed by atoms with van der Waals surface area (Å²) >= 11 is 0. The quantitative estimate of drug-likeness (QED) is 0.749. The van der Waals surface area contributed by atoms with Gasteiger partial charge in [0.15, 0.2) is 5.65 Å². The van der Waals surface area contributed by atoms with Crippen molar-refractivity contribution >= 4 is 17.1 Å². The van der Waals surface area contributed by atoms with Gasteiger partial charge in [-0.3, -0.25) is 14.3 Å². The van der Waals surface area contributed by atoms with Gasteiger partial charge in [0.05, 0.1) is 5.69 Å². The van der Waals surface area contributed by atoms with Gasteiger partial charge < -0.3 is 10.5 Å². The largest absolute Gasteiger partial charge is 0.381 e. The Labute approximate surface area is 150 Å². The number of aromatic nitrogens is 5. The molecule has 0 spiro atoms. The fourth-order valence-electron chi connectivity index (χ4n) is 3.32. The molecule has 134 valence electrons. The van der Waals surface area contributed by atoms with Crippen LogP contribution >= 0.6 is 0 Å². The lowest BCUT2D eigenvalue weighted by molar-refractivity contribution is 0.0697. The van der Waals surface area contributed by atoms with Gasteiger partial charge in [0.25, 0.3) is 5.56 Å². The first-order valence-electron chi connectivity index (χ1n) is 8.61. The average molecular weight is 352 g/mol. The van der Waals surface area contributed by atoms with Gasteiger partial charge in [-0.1, -0.05) is 0 Å². The molecule has 0 radical (unpaired) electrons. The van der Waals surface area contributed by atoms with Crippen molar-refractivity contribution in [1.29, 1.82) is 0 Å². The summed E-state index contributed by atoms with van der Waals surface area (Å²) in [5, 5.41) is 0. The van der Waals surface area contributed by atoms with Crippen LogP contribution in [0.4, 0.5) is 5.95 Å². The first-order chi connectivity index (χ1) is 12.5. The first-order valence-corrected chi connectivity index (χ1v) is 8.61. The van der Waals surface area contributed by atoms with Crippen molar-refractivity contribution in [2.24, 2.45) is 0 Å². The molecular weight excluding hydrogens is 332 g/mol. The molecule has 8 nitrogen and oxygen atoms in total. The third-order valence-corrected chi connectivity index (χ3v) is 4.67. The minimum absolute atomic E-state index is 0.00684. The highest BCUT2D eigenvalue weighted by Gasteiger charge is 2.24. The fourth-order valence-corrected chi connectivity index (χ4v) is 3.32. The van der Waals surface area contributed by atoms with Crippen LogP contribution in [0.15, 0.2) is 23.1 Å². The zero-order valence-corrected chi connectivity index (χ0v) is 14.8. The molecule has 1 aliphatic heterocycles. The van der Waals surface area contributed by atoms with E-state index in [1.54, 1.807) is 10.8 Å². The molecule has 26 heavy (non-hydrogen) atoms. The maximum Gasteiger partial charge on any atom is 0.279 e. The maximum absolute atomic E-state index is 13.3. The molecule has 0 amide bonds. The van der Waals surface area contributed by atoms with Gasteiger partial charge in [0, 0.05) is 36.7 Å². The standard InChI is InChI=1S/C18H20N6O2/c1-10-3-4-12(9-20-10)15-17(25)24(13-5-7-26-8-6-13)16-14(22-15)11(2)21-18(19)23-16/h3-4,9,13H,5-8H2,1-2H3,(H2,19,21,23). The number of fused-ring (bicyclic) bond motifs is 1. The minimum atomic E-state index is -0.187. The molecule has 0 aliphatic carbocycles. The molecule has 0 atom stereocenters. The number of rotatable bonds is 2. The Kier molecular flexibility index (Phi) is 4.12. The van der Waals surface area contributed by atoms with Gasteiger partial charge in [0.2, 0.25) is 5.95 Å². The molecule has 3 aromatic rings. The summed E-state index contributed by atoms with van der Waals surface area (Å²) in [5.74, 6) is 0.141. The number of anilines is 1. The zero-order valence-electron chi connectivity index (χ0n) is 14.8. The summed E-state index contributed by atoms with van der Waals surface area (Å²) in [7, 11) is 0. The first kappa shape index (κ1) is 16.6. The summed E-state index contributed by atoms with van der Waals surface area (Å²) in [4.78, 5) is 30.7. The predicted molar refractivity (Wildman–Crippen MR) is 97.8 cm³/mol. The number of ether oxygens (including phenoxy) is 1. The molecule has 2 N–H and O–H groups in total. The van der Waals surface area contributed by atoms with Crippen LogP contribution in [-0.4, -0.2) is 37.7 Å². The van der Waals surface area contributed by atoms with E-state index in [9.17, 15) is 4.79 Å². The molecular formula is C18H20N6O2. The molecule has 1 saturated heterocycles. The monoisotopic (exact) mass is 352 g/mol. The van der Waals surface area contributed by atoms with Gasteiger partial charge in [-0.2, -0.15) is 4.98 Å². The van der Waals surface area contributed by atoms with Crippen molar-refractivity contribution in [1.82, 2.24) is 24.5 Å². The number of pyridine rings is 1. The lowest BCUT2D eigenvalue weighted by Gasteiger charge is -2.25. The normalized spacial score (nSPS) is 15.5. The third kappa shape index (κ3) is 2.82. The summed E-state index contributed by atoms with van der Waals surface area (Å²) in [6.07, 6.45) is 3.16. The second-order valence-electron chi connectivity index (χ2n) is 6.51. The molecule has 8 heteroatoms. The van der Waals surface area contributed by atoms with Crippen LogP contribution in [0.25, 0.3) is 22.4 Å². The Balaban J connectivity index is 2.03. The van der Waals surface area contributed by atoms with Crippen LogP contribution in [0.3, 0.4) is 0 Å². The van der Waals surface area contributed by atoms with Crippen LogP contribution in [0.2, 0.25) is 0 Å². The van der Waals surface area contributed by atoms with E-state index >= 15 is 0 Å². The second kappa shape index (κ2) is 6.45. The SMILES string of the molecule is Cc1ccc(-c2nc3c(C)nc(N)nc3n(C3CCOCC3)c2=O)cn1. The molecule has 0 aromatic carbocycles. The van der Waals surface area contributed by atoms with Crippen LogP contribution < -0.4 is 11.3 Å². The van der Waals surface area contributed by atoms with Crippen molar-refractivity contribution in [3.8, 4) is 11.3 Å². The van der Waals surface area contributed by atoms with E-state index in [0.29, 0.717) is 41.3 Å². The van der Waals surface area contributed by atoms with E-state index < -0.39 is 0 Å². The molecule has 0 unspecified atom stereocenters. The number of hydrogen-bond donors (Lipinski definition) is 1.